The maximum atomic E-state index is 14.4. The number of carbonyl (C=O) groups is 1. The number of benzene rings is 1. The van der Waals surface area contributed by atoms with Crippen LogP contribution in [0.15, 0.2) is 24.3 Å². The summed E-state index contributed by atoms with van der Waals surface area (Å²) >= 11 is 0. The summed E-state index contributed by atoms with van der Waals surface area (Å²) in [7, 11) is 1.98. The molecule has 1 aromatic carbocycles. The molecule has 0 unspecified atom stereocenters. The van der Waals surface area contributed by atoms with E-state index in [1.165, 1.54) is 29.4 Å². The second-order valence-corrected chi connectivity index (χ2v) is 14.2. The van der Waals surface area contributed by atoms with E-state index in [2.05, 4.69) is 41.3 Å². The van der Waals surface area contributed by atoms with Crippen LogP contribution in [0.4, 0.5) is 4.39 Å². The highest BCUT2D eigenvalue weighted by Gasteiger charge is 2.49. The molecule has 1 aliphatic heterocycles. The van der Waals surface area contributed by atoms with Gasteiger partial charge in [-0.25, -0.2) is 4.39 Å². The average molecular weight is 567 g/mol. The van der Waals surface area contributed by atoms with E-state index in [0.29, 0.717) is 12.0 Å². The number of likely N-dealkylation sites (tertiary alicyclic amines) is 1. The first kappa shape index (κ1) is 30.2. The average Bonchev–Trinajstić information content (AvgIpc) is 3.62. The second-order valence-electron chi connectivity index (χ2n) is 14.2. The first-order chi connectivity index (χ1) is 19.4. The van der Waals surface area contributed by atoms with Crippen molar-refractivity contribution in [3.63, 3.8) is 0 Å². The highest BCUT2D eigenvalue weighted by molar-refractivity contribution is 5.74. The number of carboxylic acid groups (broad SMARTS) is 1. The molecular weight excluding hydrogens is 515 g/mol. The second kappa shape index (κ2) is 11.4. The lowest BCUT2D eigenvalue weighted by Crippen LogP contribution is -2.51. The Balaban J connectivity index is 1.37. The van der Waals surface area contributed by atoms with E-state index in [0.717, 1.165) is 63.7 Å². The Kier molecular flexibility index (Phi) is 8.43. The molecule has 226 valence electrons. The number of fused-ring (bicyclic) bond motifs is 2. The molecule has 7 heteroatoms. The van der Waals surface area contributed by atoms with Gasteiger partial charge in [-0.15, -0.1) is 0 Å². The molecule has 2 heterocycles. The Hall–Kier alpha value is -2.25. The van der Waals surface area contributed by atoms with Gasteiger partial charge < -0.3 is 10.0 Å². The van der Waals surface area contributed by atoms with E-state index in [9.17, 15) is 14.3 Å². The zero-order valence-corrected chi connectivity index (χ0v) is 26.3. The molecule has 5 rings (SSSR count). The van der Waals surface area contributed by atoms with Crippen LogP contribution in [0.5, 0.6) is 0 Å². The number of piperidine rings is 1. The molecule has 0 amide bonds. The molecule has 1 aromatic heterocycles. The van der Waals surface area contributed by atoms with Gasteiger partial charge in [0.25, 0.3) is 0 Å². The maximum Gasteiger partial charge on any atom is 0.321 e. The molecule has 3 aliphatic rings. The number of aliphatic carboxylic acids is 1. The van der Waals surface area contributed by atoms with Gasteiger partial charge in [-0.2, -0.15) is 5.10 Å². The van der Waals surface area contributed by atoms with E-state index in [4.69, 9.17) is 5.10 Å². The molecule has 2 aliphatic carbocycles. The number of hydrogen-bond acceptors (Lipinski definition) is 4. The van der Waals surface area contributed by atoms with Crippen molar-refractivity contribution in [1.29, 1.82) is 0 Å². The monoisotopic (exact) mass is 566 g/mol. The van der Waals surface area contributed by atoms with Gasteiger partial charge in [0, 0.05) is 29.7 Å². The molecule has 1 spiro atoms. The summed E-state index contributed by atoms with van der Waals surface area (Å²) in [6.07, 6.45) is 7.49. The molecule has 1 N–H and O–H groups in total. The zero-order chi connectivity index (χ0) is 29.7. The fourth-order valence-electron chi connectivity index (χ4n) is 8.91. The van der Waals surface area contributed by atoms with Gasteiger partial charge in [0.05, 0.1) is 5.69 Å². The van der Waals surface area contributed by atoms with Crippen molar-refractivity contribution in [2.24, 2.45) is 11.3 Å². The first-order valence-electron chi connectivity index (χ1n) is 15.9. The predicted octanol–water partition coefficient (Wildman–Crippen LogP) is 6.27. The molecular formula is C34H51FN4O2. The van der Waals surface area contributed by atoms with Gasteiger partial charge in [-0.3, -0.25) is 14.4 Å². The lowest BCUT2D eigenvalue weighted by atomic mass is 9.75. The molecule has 1 saturated carbocycles. The van der Waals surface area contributed by atoms with Crippen molar-refractivity contribution in [1.82, 2.24) is 19.6 Å². The normalized spacial score (nSPS) is 26.0. The predicted molar refractivity (Wildman–Crippen MR) is 162 cm³/mol. The number of aryl methyl sites for hydroxylation is 2. The van der Waals surface area contributed by atoms with Crippen LogP contribution in [0.25, 0.3) is 0 Å². The third kappa shape index (κ3) is 5.49. The molecule has 0 radical (unpaired) electrons. The number of halogens is 1. The summed E-state index contributed by atoms with van der Waals surface area (Å²) in [5.41, 5.74) is 5.24. The molecule has 2 fully saturated rings. The van der Waals surface area contributed by atoms with Crippen molar-refractivity contribution >= 4 is 5.97 Å². The van der Waals surface area contributed by atoms with E-state index < -0.39 is 12.0 Å². The molecule has 2 aromatic rings. The van der Waals surface area contributed by atoms with E-state index in [1.807, 2.05) is 33.9 Å². The molecule has 5 atom stereocenters. The molecule has 0 bridgehead atoms. The summed E-state index contributed by atoms with van der Waals surface area (Å²) in [6.45, 7) is 15.9. The quantitative estimate of drug-likeness (QED) is 0.408. The summed E-state index contributed by atoms with van der Waals surface area (Å²) in [4.78, 5) is 17.2. The van der Waals surface area contributed by atoms with Gasteiger partial charge in [0.2, 0.25) is 0 Å². The molecule has 41 heavy (non-hydrogen) atoms. The Morgan fingerprint density at radius 1 is 1.20 bits per heavy atom. The van der Waals surface area contributed by atoms with Crippen LogP contribution >= 0.6 is 0 Å². The number of aromatic nitrogens is 2. The van der Waals surface area contributed by atoms with Crippen LogP contribution in [-0.4, -0.2) is 68.9 Å². The summed E-state index contributed by atoms with van der Waals surface area (Å²) in [6, 6.07) is 7.01. The number of rotatable bonds is 8. The highest BCUT2D eigenvalue weighted by atomic mass is 19.1. The van der Waals surface area contributed by atoms with E-state index in [1.54, 1.807) is 6.07 Å². The van der Waals surface area contributed by atoms with Crippen molar-refractivity contribution in [2.45, 2.75) is 122 Å². The van der Waals surface area contributed by atoms with Crippen LogP contribution in [0.1, 0.15) is 102 Å². The Morgan fingerprint density at radius 3 is 2.49 bits per heavy atom. The van der Waals surface area contributed by atoms with Crippen LogP contribution in [0.2, 0.25) is 0 Å². The van der Waals surface area contributed by atoms with E-state index in [-0.39, 0.29) is 28.6 Å². The molecule has 6 nitrogen and oxygen atoms in total. The standard InChI is InChI=1S/C34H51FN4O2/c1-8-29-26-13-14-34(30(26)39(9-2)36-29)15-17-38(18-16-34)22(3)27-20-25(37(7)31(32(40)41)33(4,5)6)21-28(27)23-11-10-12-24(35)19-23/h10-12,19,22,25,27-28,31H,8-9,13-18,20-21H2,1-7H3,(H,40,41)/t22-,25+,27-,28-,31+/m1/s1. The largest absolute Gasteiger partial charge is 0.480 e. The smallest absolute Gasteiger partial charge is 0.321 e. The SMILES string of the molecule is CCc1nn(CC)c2c1CCC21CCN([C@H](C)[C@H]2C[C@H](N(C)[C@@H](C(=O)O)C(C)(C)C)C[C@@H]2c2cccc(F)c2)CC1. The highest BCUT2D eigenvalue weighted by Crippen LogP contribution is 2.50. The number of hydrogen-bond donors (Lipinski definition) is 1. The maximum absolute atomic E-state index is 14.4. The third-order valence-corrected chi connectivity index (χ3v) is 11.0. The minimum atomic E-state index is -0.770. The number of carboxylic acids is 1. The van der Waals surface area contributed by atoms with Crippen molar-refractivity contribution in [3.05, 3.63) is 52.6 Å². The first-order valence-corrected chi connectivity index (χ1v) is 15.9. The Labute approximate surface area is 246 Å². The van der Waals surface area contributed by atoms with Crippen LogP contribution in [-0.2, 0) is 29.6 Å². The van der Waals surface area contributed by atoms with Crippen molar-refractivity contribution in [2.75, 3.05) is 20.1 Å². The minimum absolute atomic E-state index is 0.135. The third-order valence-electron chi connectivity index (χ3n) is 11.0. The van der Waals surface area contributed by atoms with Crippen molar-refractivity contribution < 1.29 is 14.3 Å². The van der Waals surface area contributed by atoms with Gasteiger partial charge in [-0.05, 0) is 119 Å². The Bertz CT molecular complexity index is 1240. The van der Waals surface area contributed by atoms with Crippen LogP contribution in [0, 0.1) is 17.2 Å². The van der Waals surface area contributed by atoms with Gasteiger partial charge in [-0.1, -0.05) is 39.8 Å². The van der Waals surface area contributed by atoms with Crippen molar-refractivity contribution in [3.8, 4) is 0 Å². The summed E-state index contributed by atoms with van der Waals surface area (Å²) in [5, 5.41) is 15.1. The lowest BCUT2D eigenvalue weighted by Gasteiger charge is -2.45. The van der Waals surface area contributed by atoms with E-state index >= 15 is 0 Å². The van der Waals surface area contributed by atoms with Gasteiger partial charge in [0.1, 0.15) is 11.9 Å². The summed E-state index contributed by atoms with van der Waals surface area (Å²) < 4.78 is 16.7. The molecule has 1 saturated heterocycles. The van der Waals surface area contributed by atoms with Crippen LogP contribution < -0.4 is 0 Å². The fourth-order valence-corrected chi connectivity index (χ4v) is 8.91. The van der Waals surface area contributed by atoms with Crippen LogP contribution in [0.3, 0.4) is 0 Å². The fraction of sp³-hybridized carbons (Fsp3) is 0.706. The lowest BCUT2D eigenvalue weighted by molar-refractivity contribution is -0.148. The van der Waals surface area contributed by atoms with Gasteiger partial charge >= 0.3 is 5.97 Å². The summed E-state index contributed by atoms with van der Waals surface area (Å²) in [5.74, 6) is -0.432. The topological polar surface area (TPSA) is 61.6 Å². The zero-order valence-electron chi connectivity index (χ0n) is 26.3. The number of nitrogens with zero attached hydrogens (tertiary/aromatic N) is 4. The Morgan fingerprint density at radius 2 is 1.90 bits per heavy atom. The van der Waals surface area contributed by atoms with Gasteiger partial charge in [0.15, 0.2) is 0 Å². The minimum Gasteiger partial charge on any atom is -0.480 e. The number of likely N-dealkylation sites (N-methyl/N-ethyl adjacent to an activating group) is 1.